The number of nitrogens with zero attached hydrogens (tertiary/aromatic N) is 2. The number of benzene rings is 1. The lowest BCUT2D eigenvalue weighted by atomic mass is 10.2. The van der Waals surface area contributed by atoms with Gasteiger partial charge in [0, 0.05) is 29.7 Å². The Bertz CT molecular complexity index is 567. The van der Waals surface area contributed by atoms with Crippen molar-refractivity contribution in [1.82, 2.24) is 9.88 Å². The summed E-state index contributed by atoms with van der Waals surface area (Å²) in [4.78, 5) is 6.93. The van der Waals surface area contributed by atoms with E-state index < -0.39 is 0 Å². The number of hydrogen-bond acceptors (Lipinski definition) is 4. The smallest absolute Gasteiger partial charge is 0.226 e. The van der Waals surface area contributed by atoms with Gasteiger partial charge in [-0.2, -0.15) is 0 Å². The molecule has 2 aromatic rings. The molecular weight excluding hydrogens is 274 g/mol. The quantitative estimate of drug-likeness (QED) is 0.941. The molecule has 1 unspecified atom stereocenters. The van der Waals surface area contributed by atoms with E-state index in [1.165, 1.54) is 12.8 Å². The van der Waals surface area contributed by atoms with Crippen LogP contribution in [0, 0.1) is 0 Å². The maximum absolute atomic E-state index is 5.88. The number of hydrogen-bond donors (Lipinski definition) is 1. The maximum Gasteiger partial charge on any atom is 0.226 e. The number of nitrogens with two attached hydrogens (primary N) is 1. The van der Waals surface area contributed by atoms with Gasteiger partial charge >= 0.3 is 0 Å². The van der Waals surface area contributed by atoms with E-state index in [9.17, 15) is 0 Å². The van der Waals surface area contributed by atoms with E-state index in [2.05, 4.69) is 9.88 Å². The van der Waals surface area contributed by atoms with Crippen LogP contribution in [0.15, 0.2) is 34.9 Å². The molecule has 2 N–H and O–H groups in total. The highest BCUT2D eigenvalue weighted by atomic mass is 35.5. The average molecular weight is 292 g/mol. The Labute approximate surface area is 123 Å². The molecule has 3 rings (SSSR count). The molecule has 1 aromatic heterocycles. The first kappa shape index (κ1) is 13.6. The Hall–Kier alpha value is -1.36. The minimum Gasteiger partial charge on any atom is -0.444 e. The molecule has 1 saturated heterocycles. The Morgan fingerprint density at radius 1 is 1.35 bits per heavy atom. The second-order valence-electron chi connectivity index (χ2n) is 5.15. The van der Waals surface area contributed by atoms with Gasteiger partial charge in [0.15, 0.2) is 0 Å². The molecule has 5 heteroatoms. The Morgan fingerprint density at radius 3 is 2.90 bits per heavy atom. The second kappa shape index (κ2) is 5.95. The van der Waals surface area contributed by atoms with E-state index in [4.69, 9.17) is 21.8 Å². The lowest BCUT2D eigenvalue weighted by Gasteiger charge is -2.21. The Morgan fingerprint density at radius 2 is 2.15 bits per heavy atom. The van der Waals surface area contributed by atoms with Gasteiger partial charge in [-0.1, -0.05) is 11.6 Å². The zero-order valence-corrected chi connectivity index (χ0v) is 12.0. The topological polar surface area (TPSA) is 55.3 Å². The molecule has 1 aromatic carbocycles. The van der Waals surface area contributed by atoms with Gasteiger partial charge in [0.05, 0.1) is 5.69 Å². The highest BCUT2D eigenvalue weighted by molar-refractivity contribution is 6.30. The first-order valence-corrected chi connectivity index (χ1v) is 7.28. The molecule has 0 bridgehead atoms. The second-order valence-corrected chi connectivity index (χ2v) is 5.59. The predicted octanol–water partition coefficient (Wildman–Crippen LogP) is 2.92. The van der Waals surface area contributed by atoms with Crippen LogP contribution in [-0.2, 0) is 6.54 Å². The van der Waals surface area contributed by atoms with Crippen molar-refractivity contribution < 1.29 is 4.42 Å². The van der Waals surface area contributed by atoms with Crippen molar-refractivity contribution in [3.05, 3.63) is 41.2 Å². The molecule has 4 nitrogen and oxygen atoms in total. The summed E-state index contributed by atoms with van der Waals surface area (Å²) >= 11 is 5.88. The SMILES string of the molecule is NCC1CCCN1Cc1coc(-c2ccc(Cl)cc2)n1. The molecule has 0 spiro atoms. The number of oxazole rings is 1. The number of likely N-dealkylation sites (tertiary alicyclic amines) is 1. The number of halogens is 1. The summed E-state index contributed by atoms with van der Waals surface area (Å²) in [7, 11) is 0. The van der Waals surface area contributed by atoms with Crippen LogP contribution in [0.5, 0.6) is 0 Å². The van der Waals surface area contributed by atoms with Crippen LogP contribution in [0.2, 0.25) is 5.02 Å². The molecule has 1 fully saturated rings. The first-order chi connectivity index (χ1) is 9.76. The normalized spacial score (nSPS) is 19.6. The van der Waals surface area contributed by atoms with Gasteiger partial charge in [-0.05, 0) is 43.7 Å². The Kier molecular flexibility index (Phi) is 4.05. The first-order valence-electron chi connectivity index (χ1n) is 6.91. The molecule has 0 saturated carbocycles. The number of rotatable bonds is 4. The van der Waals surface area contributed by atoms with Crippen molar-refractivity contribution in [3.8, 4) is 11.5 Å². The molecule has 0 amide bonds. The summed E-state index contributed by atoms with van der Waals surface area (Å²) in [6.45, 7) is 2.60. The maximum atomic E-state index is 5.88. The van der Waals surface area contributed by atoms with Gasteiger partial charge in [0.1, 0.15) is 6.26 Å². The van der Waals surface area contributed by atoms with Crippen LogP contribution in [0.3, 0.4) is 0 Å². The van der Waals surface area contributed by atoms with Crippen LogP contribution in [-0.4, -0.2) is 29.0 Å². The van der Waals surface area contributed by atoms with E-state index in [-0.39, 0.29) is 0 Å². The molecule has 1 aliphatic heterocycles. The largest absolute Gasteiger partial charge is 0.444 e. The lowest BCUT2D eigenvalue weighted by molar-refractivity contribution is 0.247. The predicted molar refractivity (Wildman–Crippen MR) is 79.4 cm³/mol. The van der Waals surface area contributed by atoms with Crippen molar-refractivity contribution in [2.24, 2.45) is 5.73 Å². The van der Waals surface area contributed by atoms with Crippen LogP contribution >= 0.6 is 11.6 Å². The minimum absolute atomic E-state index is 0.477. The lowest BCUT2D eigenvalue weighted by Crippen LogP contribution is -2.34. The van der Waals surface area contributed by atoms with E-state index >= 15 is 0 Å². The minimum atomic E-state index is 0.477. The molecule has 2 heterocycles. The van der Waals surface area contributed by atoms with Crippen LogP contribution < -0.4 is 5.73 Å². The van der Waals surface area contributed by atoms with E-state index in [1.807, 2.05) is 24.3 Å². The third-order valence-electron chi connectivity index (χ3n) is 3.78. The van der Waals surface area contributed by atoms with Gasteiger partial charge < -0.3 is 10.2 Å². The average Bonchev–Trinajstić information content (AvgIpc) is 3.09. The highest BCUT2D eigenvalue weighted by Crippen LogP contribution is 2.23. The molecule has 106 valence electrons. The van der Waals surface area contributed by atoms with Gasteiger partial charge in [-0.25, -0.2) is 4.98 Å². The monoisotopic (exact) mass is 291 g/mol. The summed E-state index contributed by atoms with van der Waals surface area (Å²) in [5.74, 6) is 0.639. The summed E-state index contributed by atoms with van der Waals surface area (Å²) < 4.78 is 5.56. The zero-order valence-electron chi connectivity index (χ0n) is 11.3. The van der Waals surface area contributed by atoms with E-state index in [0.29, 0.717) is 23.5 Å². The van der Waals surface area contributed by atoms with Gasteiger partial charge in [0.25, 0.3) is 0 Å². The fourth-order valence-corrected chi connectivity index (χ4v) is 2.81. The Balaban J connectivity index is 1.72. The molecule has 1 aliphatic rings. The van der Waals surface area contributed by atoms with Gasteiger partial charge in [-0.15, -0.1) is 0 Å². The van der Waals surface area contributed by atoms with E-state index in [1.54, 1.807) is 6.26 Å². The highest BCUT2D eigenvalue weighted by Gasteiger charge is 2.24. The van der Waals surface area contributed by atoms with Crippen LogP contribution in [0.4, 0.5) is 0 Å². The molecule has 0 radical (unpaired) electrons. The number of aromatic nitrogens is 1. The summed E-state index contributed by atoms with van der Waals surface area (Å²) in [5.41, 5.74) is 7.69. The van der Waals surface area contributed by atoms with Crippen molar-refractivity contribution in [3.63, 3.8) is 0 Å². The molecule has 0 aliphatic carbocycles. The third-order valence-corrected chi connectivity index (χ3v) is 4.03. The third kappa shape index (κ3) is 2.87. The van der Waals surface area contributed by atoms with Gasteiger partial charge in [-0.3, -0.25) is 4.90 Å². The standard InChI is InChI=1S/C15H18ClN3O/c16-12-5-3-11(4-6-12)15-18-13(10-20-15)9-19-7-1-2-14(19)8-17/h3-6,10,14H,1-2,7-9,17H2. The van der Waals surface area contributed by atoms with Crippen molar-refractivity contribution in [2.75, 3.05) is 13.1 Å². The zero-order chi connectivity index (χ0) is 13.9. The molecule has 20 heavy (non-hydrogen) atoms. The summed E-state index contributed by atoms with van der Waals surface area (Å²) in [6, 6.07) is 7.98. The summed E-state index contributed by atoms with van der Waals surface area (Å²) in [5, 5.41) is 0.711. The fraction of sp³-hybridized carbons (Fsp3) is 0.400. The summed E-state index contributed by atoms with van der Waals surface area (Å²) in [6.07, 6.45) is 4.12. The van der Waals surface area contributed by atoms with Crippen LogP contribution in [0.1, 0.15) is 18.5 Å². The van der Waals surface area contributed by atoms with Crippen molar-refractivity contribution in [2.45, 2.75) is 25.4 Å². The fourth-order valence-electron chi connectivity index (χ4n) is 2.68. The van der Waals surface area contributed by atoms with Crippen LogP contribution in [0.25, 0.3) is 11.5 Å². The van der Waals surface area contributed by atoms with Crippen molar-refractivity contribution in [1.29, 1.82) is 0 Å². The molecular formula is C15H18ClN3O. The van der Waals surface area contributed by atoms with Gasteiger partial charge in [0.2, 0.25) is 5.89 Å². The van der Waals surface area contributed by atoms with E-state index in [0.717, 1.165) is 24.3 Å². The van der Waals surface area contributed by atoms with Crippen molar-refractivity contribution >= 4 is 11.6 Å². The molecule has 1 atom stereocenters.